The third-order valence-corrected chi connectivity index (χ3v) is 26.9. The number of hydrogen-bond acceptors (Lipinski definition) is 3. The maximum absolute atomic E-state index is 6.42. The van der Waals surface area contributed by atoms with Crippen molar-refractivity contribution in [3.05, 3.63) is 423 Å². The topological polar surface area (TPSA) is 39.4 Å². The first-order chi connectivity index (χ1) is 62.8. The van der Waals surface area contributed by atoms with Gasteiger partial charge in [-0.15, -0.1) is 0 Å². The van der Waals surface area contributed by atoms with Crippen LogP contribution in [0, 0.1) is 0 Å². The summed E-state index contributed by atoms with van der Waals surface area (Å²) >= 11 is 0. The summed E-state index contributed by atoms with van der Waals surface area (Å²) in [4.78, 5) is 0. The fourth-order valence-electron chi connectivity index (χ4n) is 20.3. The predicted octanol–water partition coefficient (Wildman–Crippen LogP) is 36.7. The van der Waals surface area contributed by atoms with Gasteiger partial charge in [0.25, 0.3) is 0 Å². The molecule has 3 heteroatoms. The normalized spacial score (nSPS) is 12.2. The van der Waals surface area contributed by atoms with E-state index in [1.807, 2.05) is 0 Å². The highest BCUT2D eigenvalue weighted by atomic mass is 16.3. The molecule has 0 aliphatic carbocycles. The molecule has 0 amide bonds. The molecule has 0 saturated carbocycles. The van der Waals surface area contributed by atoms with Crippen LogP contribution in [0.15, 0.2) is 420 Å². The van der Waals surface area contributed by atoms with Gasteiger partial charge in [-0.2, -0.15) is 0 Å². The van der Waals surface area contributed by atoms with Gasteiger partial charge in [-0.1, -0.05) is 372 Å². The second kappa shape index (κ2) is 30.7. The summed E-state index contributed by atoms with van der Waals surface area (Å²) in [6.07, 6.45) is 0. The molecule has 0 unspecified atom stereocenters. The SMILES string of the molecule is CC(C)(C)c1ccc2c(-c3ccc4oc5cc6ccccc6cc5c4c3)c3cc(C(C)(C)C)ccc3c(-c3ccccc3)c2c1.CC(C)(C)c1ccc2c(-c3ccccc3)c3ccccc3c(-c3ccc4oc5cc6ccccc6cc5c4c3)c2c1.c1ccc(-c2ccc3c(-c4ccccc4)c4ccccc4c(-c4ccc5oc6cc7ccccc7cc6c5c4)c3c2)cc1. The van der Waals surface area contributed by atoms with Crippen molar-refractivity contribution in [3.63, 3.8) is 0 Å². The van der Waals surface area contributed by atoms with E-state index in [1.165, 1.54) is 192 Å². The van der Waals surface area contributed by atoms with Gasteiger partial charge in [0.15, 0.2) is 0 Å². The van der Waals surface area contributed by atoms with Crippen LogP contribution in [0.3, 0.4) is 0 Å². The standard InChI is InChI=1S/C44H38O.C42H26O.C40H30O/c1-43(2,3)31-18-20-34-37(25-31)41(27-12-8-7-9-13-27)33-19-17-32(44(4,5)6)26-38(33)42(34)30-16-21-39-35(23-30)36-22-28-14-10-11-15-29(28)24-40(36)45-39;1-3-11-27(12-4-1)31-19-21-35-38(24-31)42(34-18-10-9-17-33(34)41(35)28-13-5-2-6-14-28)32-20-22-39-36(25-32)37-23-29-15-7-8-16-30(29)26-40(37)43-39;1-40(2,3)29-18-19-32-35(24-29)39(31-16-10-9-15-30(31)38(32)25-11-5-4-6-12-25)28-17-20-36-33(22-28)34-21-26-13-7-8-14-27(26)23-37(34)41-36/h7-26H,1-6H3;1-26H;4-24H,1-3H3. The molecule has 3 nitrogen and oxygen atoms in total. The van der Waals surface area contributed by atoms with Crippen molar-refractivity contribution in [1.29, 1.82) is 0 Å². The van der Waals surface area contributed by atoms with Crippen LogP contribution in [0.4, 0.5) is 0 Å². The third-order valence-electron chi connectivity index (χ3n) is 26.9. The van der Waals surface area contributed by atoms with Gasteiger partial charge in [-0.3, -0.25) is 0 Å². The summed E-state index contributed by atoms with van der Waals surface area (Å²) in [6.45, 7) is 20.7. The van der Waals surface area contributed by atoms with E-state index in [-0.39, 0.29) is 16.2 Å². The molecule has 0 aliphatic heterocycles. The van der Waals surface area contributed by atoms with E-state index in [2.05, 4.69) is 469 Å². The zero-order valence-electron chi connectivity index (χ0n) is 73.9. The first kappa shape index (κ1) is 78.3. The number of hydrogen-bond donors (Lipinski definition) is 0. The lowest BCUT2D eigenvalue weighted by Crippen LogP contribution is -2.11. The van der Waals surface area contributed by atoms with Gasteiger partial charge in [0.2, 0.25) is 0 Å². The van der Waals surface area contributed by atoms with Crippen molar-refractivity contribution in [1.82, 2.24) is 0 Å². The van der Waals surface area contributed by atoms with Crippen molar-refractivity contribution in [2.75, 3.05) is 0 Å². The van der Waals surface area contributed by atoms with Crippen LogP contribution < -0.4 is 0 Å². The summed E-state index contributed by atoms with van der Waals surface area (Å²) in [5.74, 6) is 0. The van der Waals surface area contributed by atoms with Crippen LogP contribution in [0.5, 0.6) is 0 Å². The molecular formula is C126H94O3. The molecule has 0 bridgehead atoms. The lowest BCUT2D eigenvalue weighted by Gasteiger charge is -2.25. The van der Waals surface area contributed by atoms with Crippen molar-refractivity contribution >= 4 is 163 Å². The second-order valence-corrected chi connectivity index (χ2v) is 38.1. The molecule has 22 aromatic carbocycles. The van der Waals surface area contributed by atoms with Crippen molar-refractivity contribution < 1.29 is 13.3 Å². The summed E-state index contributed by atoms with van der Waals surface area (Å²) in [5.41, 5.74) is 27.1. The first-order valence-electron chi connectivity index (χ1n) is 45.1. The molecule has 0 N–H and O–H groups in total. The number of fused-ring (bicyclic) bond motifs is 18. The lowest BCUT2D eigenvalue weighted by atomic mass is 9.79. The third kappa shape index (κ3) is 13.7. The molecule has 0 saturated heterocycles. The Kier molecular flexibility index (Phi) is 18.7. The number of rotatable bonds is 7. The zero-order chi connectivity index (χ0) is 87.1. The molecular weight excluding hydrogens is 1560 g/mol. The Morgan fingerprint density at radius 2 is 0.341 bits per heavy atom. The Hall–Kier alpha value is -15.4. The highest BCUT2D eigenvalue weighted by Gasteiger charge is 2.28. The number of furan rings is 3. The molecule has 0 atom stereocenters. The summed E-state index contributed by atoms with van der Waals surface area (Å²) in [7, 11) is 0. The van der Waals surface area contributed by atoms with Crippen LogP contribution in [0.25, 0.3) is 241 Å². The average Bonchev–Trinajstić information content (AvgIpc) is 1.66. The lowest BCUT2D eigenvalue weighted by molar-refractivity contribution is 0.590. The van der Waals surface area contributed by atoms with Gasteiger partial charge in [-0.25, -0.2) is 0 Å². The Morgan fingerprint density at radius 3 is 0.636 bits per heavy atom. The Bertz CT molecular complexity index is 8820. The minimum absolute atomic E-state index is 0.0230. The van der Waals surface area contributed by atoms with E-state index < -0.39 is 0 Å². The van der Waals surface area contributed by atoms with Gasteiger partial charge in [0.1, 0.15) is 33.5 Å². The number of benzene rings is 22. The van der Waals surface area contributed by atoms with Gasteiger partial charge in [0, 0.05) is 32.3 Å². The van der Waals surface area contributed by atoms with Crippen LogP contribution >= 0.6 is 0 Å². The van der Waals surface area contributed by atoms with Crippen LogP contribution in [-0.4, -0.2) is 0 Å². The van der Waals surface area contributed by atoms with Crippen molar-refractivity contribution in [3.8, 4) is 77.9 Å². The zero-order valence-corrected chi connectivity index (χ0v) is 73.9. The summed E-state index contributed by atoms with van der Waals surface area (Å²) in [6, 6.07) is 148. The Labute approximate surface area is 750 Å². The van der Waals surface area contributed by atoms with Crippen LogP contribution in [0.2, 0.25) is 0 Å². The molecule has 25 aromatic rings. The monoisotopic (exact) mass is 1650 g/mol. The first-order valence-corrected chi connectivity index (χ1v) is 45.1. The van der Waals surface area contributed by atoms with Gasteiger partial charge >= 0.3 is 0 Å². The molecule has 0 fully saturated rings. The van der Waals surface area contributed by atoms with Gasteiger partial charge in [-0.05, 0) is 305 Å². The van der Waals surface area contributed by atoms with Gasteiger partial charge < -0.3 is 13.3 Å². The van der Waals surface area contributed by atoms with Gasteiger partial charge in [0.05, 0.1) is 0 Å². The van der Waals surface area contributed by atoms with Crippen molar-refractivity contribution in [2.24, 2.45) is 0 Å². The molecule has 0 radical (unpaired) electrons. The molecule has 616 valence electrons. The molecule has 129 heavy (non-hydrogen) atoms. The van der Waals surface area contributed by atoms with E-state index >= 15 is 0 Å². The van der Waals surface area contributed by atoms with Crippen LogP contribution in [-0.2, 0) is 16.2 Å². The molecule has 0 aliphatic rings. The fourth-order valence-corrected chi connectivity index (χ4v) is 20.3. The predicted molar refractivity (Wildman–Crippen MR) is 553 cm³/mol. The highest BCUT2D eigenvalue weighted by Crippen LogP contribution is 2.52. The second-order valence-electron chi connectivity index (χ2n) is 38.1. The van der Waals surface area contributed by atoms with Crippen LogP contribution in [0.1, 0.15) is 79.0 Å². The largest absolute Gasteiger partial charge is 0.456 e. The molecule has 0 spiro atoms. The fraction of sp³-hybridized carbons (Fsp3) is 0.0952. The molecule has 3 heterocycles. The van der Waals surface area contributed by atoms with E-state index in [4.69, 9.17) is 13.3 Å². The van der Waals surface area contributed by atoms with E-state index in [0.29, 0.717) is 0 Å². The van der Waals surface area contributed by atoms with E-state index in [1.54, 1.807) is 0 Å². The van der Waals surface area contributed by atoms with Crippen molar-refractivity contribution in [2.45, 2.75) is 78.6 Å². The minimum atomic E-state index is 0.0230. The molecule has 25 rings (SSSR count). The maximum Gasteiger partial charge on any atom is 0.136 e. The summed E-state index contributed by atoms with van der Waals surface area (Å²) in [5, 5.41) is 29.4. The quantitative estimate of drug-likeness (QED) is 0.149. The maximum atomic E-state index is 6.42. The highest BCUT2D eigenvalue weighted by molar-refractivity contribution is 6.27. The van der Waals surface area contributed by atoms with E-state index in [9.17, 15) is 0 Å². The Balaban J connectivity index is 0.000000111. The summed E-state index contributed by atoms with van der Waals surface area (Å²) < 4.78 is 19.2. The Morgan fingerprint density at radius 1 is 0.132 bits per heavy atom. The van der Waals surface area contributed by atoms with E-state index in [0.717, 1.165) is 65.8 Å². The minimum Gasteiger partial charge on any atom is -0.456 e. The average molecular weight is 1660 g/mol. The molecule has 3 aromatic heterocycles. The smallest absolute Gasteiger partial charge is 0.136 e.